The van der Waals surface area contributed by atoms with E-state index in [1.54, 1.807) is 0 Å². The van der Waals surface area contributed by atoms with Gasteiger partial charge in [-0.2, -0.15) is 11.8 Å². The predicted molar refractivity (Wildman–Crippen MR) is 77.9 cm³/mol. The Bertz CT molecular complexity index is 172. The number of ether oxygens (including phenoxy) is 1. The Labute approximate surface area is 111 Å². The van der Waals surface area contributed by atoms with E-state index in [0.29, 0.717) is 0 Å². The zero-order chi connectivity index (χ0) is 12.3. The molecular weight excluding hydrogens is 230 g/mol. The molecule has 3 heteroatoms. The highest BCUT2D eigenvalue weighted by atomic mass is 32.2. The third-order valence-corrected chi connectivity index (χ3v) is 4.86. The van der Waals surface area contributed by atoms with Gasteiger partial charge in [-0.1, -0.05) is 13.8 Å². The third-order valence-electron chi connectivity index (χ3n) is 3.39. The SMILES string of the molecule is CCCNC(CC)CCCSC1CCOCC1. The average Bonchev–Trinajstić information content (AvgIpc) is 2.39. The second-order valence-corrected chi connectivity index (χ2v) is 6.29. The lowest BCUT2D eigenvalue weighted by Crippen LogP contribution is -2.29. The van der Waals surface area contributed by atoms with E-state index in [2.05, 4.69) is 30.9 Å². The standard InChI is InChI=1S/C14H29NOS/c1-3-9-15-13(4-2)6-5-12-17-14-7-10-16-11-8-14/h13-15H,3-12H2,1-2H3. The molecule has 1 aliphatic heterocycles. The Hall–Kier alpha value is 0.270. The first-order chi connectivity index (χ1) is 8.36. The minimum absolute atomic E-state index is 0.741. The van der Waals surface area contributed by atoms with Crippen LogP contribution in [0.25, 0.3) is 0 Å². The van der Waals surface area contributed by atoms with Crippen LogP contribution >= 0.6 is 11.8 Å². The third kappa shape index (κ3) is 7.32. The maximum Gasteiger partial charge on any atom is 0.0476 e. The highest BCUT2D eigenvalue weighted by Crippen LogP contribution is 2.23. The smallest absolute Gasteiger partial charge is 0.0476 e. The fraction of sp³-hybridized carbons (Fsp3) is 1.00. The maximum absolute atomic E-state index is 5.38. The molecule has 102 valence electrons. The topological polar surface area (TPSA) is 21.3 Å². The van der Waals surface area contributed by atoms with Gasteiger partial charge in [-0.25, -0.2) is 0 Å². The molecule has 0 spiro atoms. The van der Waals surface area contributed by atoms with Gasteiger partial charge in [-0.3, -0.25) is 0 Å². The lowest BCUT2D eigenvalue weighted by Gasteiger charge is -2.22. The van der Waals surface area contributed by atoms with Gasteiger partial charge in [0.1, 0.15) is 0 Å². The maximum atomic E-state index is 5.38. The van der Waals surface area contributed by atoms with Crippen LogP contribution < -0.4 is 5.32 Å². The molecule has 0 aromatic heterocycles. The number of hydrogen-bond donors (Lipinski definition) is 1. The average molecular weight is 259 g/mol. The fourth-order valence-corrected chi connectivity index (χ4v) is 3.41. The zero-order valence-corrected chi connectivity index (χ0v) is 12.4. The van der Waals surface area contributed by atoms with Gasteiger partial charge in [-0.15, -0.1) is 0 Å². The first kappa shape index (κ1) is 15.3. The van der Waals surface area contributed by atoms with Crippen molar-refractivity contribution in [3.63, 3.8) is 0 Å². The summed E-state index contributed by atoms with van der Waals surface area (Å²) in [6, 6.07) is 0.741. The van der Waals surface area contributed by atoms with Crippen LogP contribution in [-0.4, -0.2) is 36.8 Å². The molecule has 1 heterocycles. The quantitative estimate of drug-likeness (QED) is 0.641. The summed E-state index contributed by atoms with van der Waals surface area (Å²) in [5.74, 6) is 1.33. The van der Waals surface area contributed by atoms with Gasteiger partial charge in [0.2, 0.25) is 0 Å². The Morgan fingerprint density at radius 1 is 1.29 bits per heavy atom. The summed E-state index contributed by atoms with van der Waals surface area (Å²) in [7, 11) is 0. The molecule has 0 bridgehead atoms. The minimum atomic E-state index is 0.741. The lowest BCUT2D eigenvalue weighted by atomic mass is 10.1. The van der Waals surface area contributed by atoms with Crippen LogP contribution in [0.2, 0.25) is 0 Å². The molecule has 0 saturated carbocycles. The van der Waals surface area contributed by atoms with Crippen LogP contribution in [0.4, 0.5) is 0 Å². The molecule has 17 heavy (non-hydrogen) atoms. The molecule has 1 saturated heterocycles. The van der Waals surface area contributed by atoms with E-state index in [1.807, 2.05) is 0 Å². The predicted octanol–water partition coefficient (Wildman–Crippen LogP) is 3.46. The van der Waals surface area contributed by atoms with Gasteiger partial charge in [-0.05, 0) is 50.8 Å². The molecule has 1 unspecified atom stereocenters. The summed E-state index contributed by atoms with van der Waals surface area (Å²) in [6.45, 7) is 7.66. The molecule has 0 radical (unpaired) electrons. The molecule has 1 N–H and O–H groups in total. The van der Waals surface area contributed by atoms with Crippen molar-refractivity contribution in [3.05, 3.63) is 0 Å². The van der Waals surface area contributed by atoms with Gasteiger partial charge < -0.3 is 10.1 Å². The van der Waals surface area contributed by atoms with E-state index in [0.717, 1.165) is 24.5 Å². The van der Waals surface area contributed by atoms with Crippen LogP contribution in [0.1, 0.15) is 52.4 Å². The molecule has 0 aromatic carbocycles. The first-order valence-electron chi connectivity index (χ1n) is 7.29. The minimum Gasteiger partial charge on any atom is -0.381 e. The molecule has 1 aliphatic rings. The van der Waals surface area contributed by atoms with Gasteiger partial charge >= 0.3 is 0 Å². The Morgan fingerprint density at radius 2 is 2.06 bits per heavy atom. The van der Waals surface area contributed by atoms with Crippen LogP contribution in [0.15, 0.2) is 0 Å². The van der Waals surface area contributed by atoms with E-state index >= 15 is 0 Å². The number of thioether (sulfide) groups is 1. The molecule has 1 fully saturated rings. The van der Waals surface area contributed by atoms with Crippen molar-refractivity contribution in [1.82, 2.24) is 5.32 Å². The van der Waals surface area contributed by atoms with Gasteiger partial charge in [0.15, 0.2) is 0 Å². The van der Waals surface area contributed by atoms with E-state index in [-0.39, 0.29) is 0 Å². The molecule has 0 aliphatic carbocycles. The molecule has 0 amide bonds. The van der Waals surface area contributed by atoms with Crippen LogP contribution in [-0.2, 0) is 4.74 Å². The van der Waals surface area contributed by atoms with Crippen molar-refractivity contribution < 1.29 is 4.74 Å². The number of nitrogens with one attached hydrogen (secondary N) is 1. The first-order valence-corrected chi connectivity index (χ1v) is 8.34. The largest absolute Gasteiger partial charge is 0.381 e. The summed E-state index contributed by atoms with van der Waals surface area (Å²) in [5.41, 5.74) is 0. The Kier molecular flexibility index (Phi) is 9.21. The summed E-state index contributed by atoms with van der Waals surface area (Å²) in [6.07, 6.45) is 7.73. The highest BCUT2D eigenvalue weighted by Gasteiger charge is 2.13. The normalized spacial score (nSPS) is 19.4. The number of rotatable bonds is 9. The second kappa shape index (κ2) is 10.2. The van der Waals surface area contributed by atoms with Crippen molar-refractivity contribution in [3.8, 4) is 0 Å². The number of hydrogen-bond acceptors (Lipinski definition) is 3. The summed E-state index contributed by atoms with van der Waals surface area (Å²) < 4.78 is 5.38. The fourth-order valence-electron chi connectivity index (χ4n) is 2.22. The van der Waals surface area contributed by atoms with Gasteiger partial charge in [0.05, 0.1) is 0 Å². The second-order valence-electron chi connectivity index (χ2n) is 4.88. The van der Waals surface area contributed by atoms with E-state index in [1.165, 1.54) is 50.8 Å². The van der Waals surface area contributed by atoms with Crippen molar-refractivity contribution in [2.24, 2.45) is 0 Å². The van der Waals surface area contributed by atoms with Crippen molar-refractivity contribution in [1.29, 1.82) is 0 Å². The summed E-state index contributed by atoms with van der Waals surface area (Å²) in [5, 5.41) is 4.50. The van der Waals surface area contributed by atoms with E-state index in [4.69, 9.17) is 4.74 Å². The monoisotopic (exact) mass is 259 g/mol. The van der Waals surface area contributed by atoms with Crippen molar-refractivity contribution in [2.45, 2.75) is 63.7 Å². The highest BCUT2D eigenvalue weighted by molar-refractivity contribution is 7.99. The van der Waals surface area contributed by atoms with Gasteiger partial charge in [0, 0.05) is 24.5 Å². The van der Waals surface area contributed by atoms with Crippen molar-refractivity contribution >= 4 is 11.8 Å². The summed E-state index contributed by atoms with van der Waals surface area (Å²) >= 11 is 2.17. The molecule has 1 atom stereocenters. The molecule has 0 aromatic rings. The van der Waals surface area contributed by atoms with Crippen LogP contribution in [0.5, 0.6) is 0 Å². The Balaban J connectivity index is 1.97. The van der Waals surface area contributed by atoms with Crippen LogP contribution in [0.3, 0.4) is 0 Å². The molecule has 1 rings (SSSR count). The van der Waals surface area contributed by atoms with E-state index < -0.39 is 0 Å². The lowest BCUT2D eigenvalue weighted by molar-refractivity contribution is 0.100. The van der Waals surface area contributed by atoms with Crippen LogP contribution in [0, 0.1) is 0 Å². The Morgan fingerprint density at radius 3 is 2.71 bits per heavy atom. The van der Waals surface area contributed by atoms with Gasteiger partial charge in [0.25, 0.3) is 0 Å². The van der Waals surface area contributed by atoms with Crippen molar-refractivity contribution in [2.75, 3.05) is 25.5 Å². The summed E-state index contributed by atoms with van der Waals surface area (Å²) in [4.78, 5) is 0. The molecule has 2 nitrogen and oxygen atoms in total. The zero-order valence-electron chi connectivity index (χ0n) is 11.5. The van der Waals surface area contributed by atoms with E-state index in [9.17, 15) is 0 Å². The molecular formula is C14H29NOS.